The van der Waals surface area contributed by atoms with Crippen LogP contribution in [0.25, 0.3) is 0 Å². The van der Waals surface area contributed by atoms with Crippen molar-refractivity contribution in [3.63, 3.8) is 0 Å². The summed E-state index contributed by atoms with van der Waals surface area (Å²) in [5.74, 6) is 0.206. The van der Waals surface area contributed by atoms with E-state index < -0.39 is 5.97 Å². The molecule has 5 nitrogen and oxygen atoms in total. The first-order chi connectivity index (χ1) is 11.0. The molecular weight excluding hydrogens is 364 g/mol. The molecule has 0 aliphatic rings. The number of rotatable bonds is 7. The lowest BCUT2D eigenvalue weighted by Gasteiger charge is -2.14. The number of carboxylic acid groups (broad SMARTS) is 1. The van der Waals surface area contributed by atoms with Gasteiger partial charge in [0.1, 0.15) is 24.5 Å². The molecular formula is C17H17BrO5. The van der Waals surface area contributed by atoms with Crippen LogP contribution in [0.5, 0.6) is 17.2 Å². The smallest absolute Gasteiger partial charge is 0.339 e. The first-order valence-electron chi connectivity index (χ1n) is 6.94. The molecule has 0 aliphatic heterocycles. The second-order valence-corrected chi connectivity index (χ2v) is 5.72. The fraction of sp³-hybridized carbons (Fsp3) is 0.235. The van der Waals surface area contributed by atoms with E-state index in [-0.39, 0.29) is 17.9 Å². The van der Waals surface area contributed by atoms with Crippen LogP contribution in [0.1, 0.15) is 15.9 Å². The first kappa shape index (κ1) is 17.1. The Balaban J connectivity index is 2.03. The van der Waals surface area contributed by atoms with Gasteiger partial charge in [-0.3, -0.25) is 0 Å². The number of halogens is 1. The minimum absolute atomic E-state index is 0.0341. The van der Waals surface area contributed by atoms with E-state index in [0.29, 0.717) is 16.8 Å². The summed E-state index contributed by atoms with van der Waals surface area (Å²) in [5, 5.41) is 9.29. The molecule has 122 valence electrons. The molecule has 2 aromatic rings. The molecule has 6 heteroatoms. The number of carbonyl (C=O) groups is 1. The standard InChI is InChI=1S/C17H17BrO5/c1-11-4-3-5-13(8-11)22-6-7-23-16-14(17(19)20)9-12(18)10-15(16)21-2/h3-5,8-10H,6-7H2,1-2H3,(H,19,20). The lowest BCUT2D eigenvalue weighted by atomic mass is 10.2. The van der Waals surface area contributed by atoms with Gasteiger partial charge in [-0.2, -0.15) is 0 Å². The van der Waals surface area contributed by atoms with Crippen LogP contribution in [-0.2, 0) is 0 Å². The number of aryl methyl sites for hydroxylation is 1. The number of hydrogen-bond donors (Lipinski definition) is 1. The van der Waals surface area contributed by atoms with Crippen molar-refractivity contribution in [3.05, 3.63) is 52.0 Å². The molecule has 0 aliphatic carbocycles. The molecule has 2 rings (SSSR count). The Morgan fingerprint density at radius 3 is 2.57 bits per heavy atom. The van der Waals surface area contributed by atoms with Crippen LogP contribution in [0.15, 0.2) is 40.9 Å². The number of aromatic carboxylic acids is 1. The van der Waals surface area contributed by atoms with Crippen LogP contribution in [0, 0.1) is 6.92 Å². The minimum Gasteiger partial charge on any atom is -0.493 e. The van der Waals surface area contributed by atoms with E-state index in [4.69, 9.17) is 14.2 Å². The molecule has 0 heterocycles. The summed E-state index contributed by atoms with van der Waals surface area (Å²) in [7, 11) is 1.46. The summed E-state index contributed by atoms with van der Waals surface area (Å²) in [6.45, 7) is 2.48. The van der Waals surface area contributed by atoms with E-state index in [1.807, 2.05) is 31.2 Å². The van der Waals surface area contributed by atoms with Crippen LogP contribution >= 0.6 is 15.9 Å². The Kier molecular flexibility index (Phi) is 5.87. The van der Waals surface area contributed by atoms with E-state index in [0.717, 1.165) is 11.3 Å². The molecule has 2 aromatic carbocycles. The van der Waals surface area contributed by atoms with Gasteiger partial charge in [0.25, 0.3) is 0 Å². The highest BCUT2D eigenvalue weighted by Crippen LogP contribution is 2.34. The lowest BCUT2D eigenvalue weighted by Crippen LogP contribution is -2.12. The average molecular weight is 381 g/mol. The summed E-state index contributed by atoms with van der Waals surface area (Å²) in [6.07, 6.45) is 0. The topological polar surface area (TPSA) is 65.0 Å². The molecule has 0 saturated carbocycles. The Morgan fingerprint density at radius 2 is 1.91 bits per heavy atom. The van der Waals surface area contributed by atoms with E-state index in [1.165, 1.54) is 13.2 Å². The van der Waals surface area contributed by atoms with Crippen LogP contribution in [0.4, 0.5) is 0 Å². The van der Waals surface area contributed by atoms with Gasteiger partial charge in [-0.15, -0.1) is 0 Å². The number of ether oxygens (including phenoxy) is 3. The Bertz CT molecular complexity index is 699. The molecule has 1 N–H and O–H groups in total. The average Bonchev–Trinajstić information content (AvgIpc) is 2.51. The summed E-state index contributed by atoms with van der Waals surface area (Å²) < 4.78 is 17.0. The highest BCUT2D eigenvalue weighted by atomic mass is 79.9. The fourth-order valence-corrected chi connectivity index (χ4v) is 2.47. The molecule has 0 radical (unpaired) electrons. The zero-order valence-corrected chi connectivity index (χ0v) is 14.4. The van der Waals surface area contributed by atoms with Crippen molar-refractivity contribution in [2.45, 2.75) is 6.92 Å². The van der Waals surface area contributed by atoms with E-state index in [2.05, 4.69) is 15.9 Å². The van der Waals surface area contributed by atoms with Gasteiger partial charge in [0.05, 0.1) is 7.11 Å². The van der Waals surface area contributed by atoms with E-state index in [1.54, 1.807) is 6.07 Å². The summed E-state index contributed by atoms with van der Waals surface area (Å²) in [5.41, 5.74) is 1.14. The van der Waals surface area contributed by atoms with E-state index in [9.17, 15) is 9.90 Å². The van der Waals surface area contributed by atoms with Gasteiger partial charge in [0.15, 0.2) is 11.5 Å². The predicted octanol–water partition coefficient (Wildman–Crippen LogP) is 3.92. The van der Waals surface area contributed by atoms with Crippen LogP contribution in [0.3, 0.4) is 0 Å². The van der Waals surface area contributed by atoms with Gasteiger partial charge < -0.3 is 19.3 Å². The predicted molar refractivity (Wildman–Crippen MR) is 89.8 cm³/mol. The zero-order chi connectivity index (χ0) is 16.8. The van der Waals surface area contributed by atoms with Crippen molar-refractivity contribution >= 4 is 21.9 Å². The highest BCUT2D eigenvalue weighted by Gasteiger charge is 2.18. The van der Waals surface area contributed by atoms with Gasteiger partial charge in [-0.1, -0.05) is 28.1 Å². The van der Waals surface area contributed by atoms with Gasteiger partial charge in [0.2, 0.25) is 0 Å². The van der Waals surface area contributed by atoms with Crippen molar-refractivity contribution in [2.75, 3.05) is 20.3 Å². The number of methoxy groups -OCH3 is 1. The van der Waals surface area contributed by atoms with Crippen molar-refractivity contribution in [1.29, 1.82) is 0 Å². The first-order valence-corrected chi connectivity index (χ1v) is 7.73. The maximum absolute atomic E-state index is 11.3. The maximum Gasteiger partial charge on any atom is 0.339 e. The largest absolute Gasteiger partial charge is 0.493 e. The van der Waals surface area contributed by atoms with Gasteiger partial charge in [-0.25, -0.2) is 4.79 Å². The van der Waals surface area contributed by atoms with Gasteiger partial charge >= 0.3 is 5.97 Å². The number of hydrogen-bond acceptors (Lipinski definition) is 4. The molecule has 0 saturated heterocycles. The third-order valence-electron chi connectivity index (χ3n) is 3.06. The van der Waals surface area contributed by atoms with Gasteiger partial charge in [0, 0.05) is 4.47 Å². The van der Waals surface area contributed by atoms with Crippen LogP contribution in [0.2, 0.25) is 0 Å². The van der Waals surface area contributed by atoms with Crippen molar-refractivity contribution in [3.8, 4) is 17.2 Å². The SMILES string of the molecule is COc1cc(Br)cc(C(=O)O)c1OCCOc1cccc(C)c1. The van der Waals surface area contributed by atoms with Crippen LogP contribution < -0.4 is 14.2 Å². The number of benzene rings is 2. The zero-order valence-electron chi connectivity index (χ0n) is 12.8. The Labute approximate surface area is 142 Å². The van der Waals surface area contributed by atoms with Crippen molar-refractivity contribution < 1.29 is 24.1 Å². The normalized spacial score (nSPS) is 10.2. The molecule has 23 heavy (non-hydrogen) atoms. The molecule has 0 bridgehead atoms. The second kappa shape index (κ2) is 7.87. The molecule has 0 aromatic heterocycles. The fourth-order valence-electron chi connectivity index (χ4n) is 2.04. The van der Waals surface area contributed by atoms with Crippen LogP contribution in [-0.4, -0.2) is 31.4 Å². The van der Waals surface area contributed by atoms with Gasteiger partial charge in [-0.05, 0) is 36.8 Å². The number of carboxylic acids is 1. The summed E-state index contributed by atoms with van der Waals surface area (Å²) in [4.78, 5) is 11.3. The monoisotopic (exact) mass is 380 g/mol. The third kappa shape index (κ3) is 4.63. The molecule has 0 amide bonds. The minimum atomic E-state index is -1.08. The lowest BCUT2D eigenvalue weighted by molar-refractivity contribution is 0.0690. The Hall–Kier alpha value is -2.21. The quantitative estimate of drug-likeness (QED) is 0.737. The molecule has 0 spiro atoms. The molecule has 0 unspecified atom stereocenters. The van der Waals surface area contributed by atoms with Crippen molar-refractivity contribution in [1.82, 2.24) is 0 Å². The molecule has 0 fully saturated rings. The highest BCUT2D eigenvalue weighted by molar-refractivity contribution is 9.10. The maximum atomic E-state index is 11.3. The summed E-state index contributed by atoms with van der Waals surface area (Å²) >= 11 is 3.25. The molecule has 0 atom stereocenters. The second-order valence-electron chi connectivity index (χ2n) is 4.80. The van der Waals surface area contributed by atoms with Crippen molar-refractivity contribution in [2.24, 2.45) is 0 Å². The third-order valence-corrected chi connectivity index (χ3v) is 3.52. The van der Waals surface area contributed by atoms with E-state index >= 15 is 0 Å². The summed E-state index contributed by atoms with van der Waals surface area (Å²) in [6, 6.07) is 10.8. The Morgan fingerprint density at radius 1 is 1.17 bits per heavy atom.